The van der Waals surface area contributed by atoms with Gasteiger partial charge >= 0.3 is 252 Å². The third kappa shape index (κ3) is 4.30. The van der Waals surface area contributed by atoms with E-state index in [2.05, 4.69) is 133 Å². The molecular weight excluding hydrogens is 651 g/mol. The maximum atomic E-state index is 2.52. The Morgan fingerprint density at radius 1 is 0.548 bits per heavy atom. The third-order valence-electron chi connectivity index (χ3n) is 8.76. The van der Waals surface area contributed by atoms with Gasteiger partial charge in [0.2, 0.25) is 0 Å². The van der Waals surface area contributed by atoms with E-state index in [1.165, 1.54) is 70.3 Å². The van der Waals surface area contributed by atoms with Crippen molar-refractivity contribution in [1.29, 1.82) is 0 Å². The van der Waals surface area contributed by atoms with Crippen LogP contribution in [0.15, 0.2) is 131 Å². The summed E-state index contributed by atoms with van der Waals surface area (Å²) in [5, 5.41) is 5.38. The predicted molar refractivity (Wildman–Crippen MR) is 166 cm³/mol. The van der Waals surface area contributed by atoms with Gasteiger partial charge in [0.1, 0.15) is 0 Å². The van der Waals surface area contributed by atoms with Crippen molar-refractivity contribution in [2.24, 2.45) is 0 Å². The molecule has 2 unspecified atom stereocenters. The molecule has 2 aliphatic heterocycles. The zero-order valence-electron chi connectivity index (χ0n) is 22.5. The SMILES string of the molecule is C1=C[CH]([Zr+2][CH]2C=Cc3c2ccc2c3Sc3ccc-2c2ccccc32)c2ccc(-c3cccc4ccccc34)cc21.[Cl-].[Cl-]. The molecule has 0 radical (unpaired) electrons. The second-order valence-corrected chi connectivity index (χ2v) is 15.8. The molecule has 0 spiro atoms. The van der Waals surface area contributed by atoms with Crippen LogP contribution in [-0.2, 0) is 23.2 Å². The Bertz CT molecular complexity index is 2090. The van der Waals surface area contributed by atoms with E-state index >= 15 is 0 Å². The average Bonchev–Trinajstić information content (AvgIpc) is 3.51. The van der Waals surface area contributed by atoms with Gasteiger partial charge < -0.3 is 24.8 Å². The van der Waals surface area contributed by atoms with E-state index in [-0.39, 0.29) is 24.8 Å². The Balaban J connectivity index is 0.00000144. The maximum Gasteiger partial charge on any atom is -1.00 e. The molecule has 6 aromatic carbocycles. The first-order valence-electron chi connectivity index (χ1n) is 13.9. The zero-order chi connectivity index (χ0) is 26.2. The molecule has 2 bridgehead atoms. The molecule has 6 aromatic rings. The molecule has 0 amide bonds. The van der Waals surface area contributed by atoms with Gasteiger partial charge in [0.25, 0.3) is 0 Å². The fourth-order valence-electron chi connectivity index (χ4n) is 6.82. The molecule has 0 nitrogen and oxygen atoms in total. The van der Waals surface area contributed by atoms with E-state index in [0.717, 1.165) is 0 Å². The first-order valence-corrected chi connectivity index (χ1v) is 17.6. The Morgan fingerprint density at radius 2 is 1.26 bits per heavy atom. The summed E-state index contributed by atoms with van der Waals surface area (Å²) < 4.78 is 1.21. The molecule has 0 N–H and O–H groups in total. The number of allylic oxidation sites excluding steroid dienone is 2. The summed E-state index contributed by atoms with van der Waals surface area (Å²) in [5.41, 5.74) is 11.4. The van der Waals surface area contributed by atoms with Gasteiger partial charge in [0.05, 0.1) is 0 Å². The van der Waals surface area contributed by atoms with Crippen molar-refractivity contribution in [1.82, 2.24) is 0 Å². The molecule has 200 valence electrons. The minimum absolute atomic E-state index is 0. The first-order chi connectivity index (χ1) is 19.8. The van der Waals surface area contributed by atoms with E-state index in [9.17, 15) is 0 Å². The average molecular weight is 675 g/mol. The summed E-state index contributed by atoms with van der Waals surface area (Å²) in [4.78, 5) is 2.82. The van der Waals surface area contributed by atoms with Gasteiger partial charge in [-0.25, -0.2) is 0 Å². The van der Waals surface area contributed by atoms with Crippen molar-refractivity contribution in [3.05, 3.63) is 144 Å². The second kappa shape index (κ2) is 11.0. The molecule has 0 saturated heterocycles. The summed E-state index contributed by atoms with van der Waals surface area (Å²) in [6.45, 7) is 0. The Morgan fingerprint density at radius 3 is 2.17 bits per heavy atom. The summed E-state index contributed by atoms with van der Waals surface area (Å²) in [7, 11) is 0. The van der Waals surface area contributed by atoms with Gasteiger partial charge in [-0.15, -0.1) is 0 Å². The monoisotopic (exact) mass is 672 g/mol. The third-order valence-corrected chi connectivity index (χ3v) is 14.2. The van der Waals surface area contributed by atoms with Gasteiger partial charge in [0, 0.05) is 0 Å². The van der Waals surface area contributed by atoms with Crippen molar-refractivity contribution >= 4 is 45.5 Å². The molecular formula is C38H24Cl2SZr. The fourth-order valence-corrected chi connectivity index (χ4v) is 12.2. The summed E-state index contributed by atoms with van der Waals surface area (Å²) in [5.74, 6) is 0. The summed E-state index contributed by atoms with van der Waals surface area (Å²) in [6, 6.07) is 40.9. The van der Waals surface area contributed by atoms with Crippen molar-refractivity contribution in [3.8, 4) is 22.3 Å². The van der Waals surface area contributed by atoms with Crippen LogP contribution in [0.2, 0.25) is 0 Å². The van der Waals surface area contributed by atoms with Crippen LogP contribution in [0.1, 0.15) is 29.5 Å². The van der Waals surface area contributed by atoms with Gasteiger partial charge in [-0.1, -0.05) is 0 Å². The van der Waals surface area contributed by atoms with Gasteiger partial charge in [-0.05, 0) is 0 Å². The number of benzene rings is 6. The van der Waals surface area contributed by atoms with E-state index in [4.69, 9.17) is 0 Å². The number of fused-ring (bicyclic) bond motifs is 4. The van der Waals surface area contributed by atoms with Crippen LogP contribution in [0.5, 0.6) is 0 Å². The summed E-state index contributed by atoms with van der Waals surface area (Å²) >= 11 is 1.14. The van der Waals surface area contributed by atoms with Crippen LogP contribution in [0.25, 0.3) is 56.0 Å². The van der Waals surface area contributed by atoms with E-state index < -0.39 is 23.2 Å². The molecule has 0 saturated carbocycles. The number of rotatable bonds is 3. The van der Waals surface area contributed by atoms with E-state index in [1.807, 2.05) is 11.8 Å². The van der Waals surface area contributed by atoms with Crippen LogP contribution in [0.3, 0.4) is 0 Å². The smallest absolute Gasteiger partial charge is 1.00 e. The van der Waals surface area contributed by atoms with Gasteiger partial charge in [-0.2, -0.15) is 0 Å². The second-order valence-electron chi connectivity index (χ2n) is 10.9. The first kappa shape index (κ1) is 27.9. The minimum atomic E-state index is -0.823. The molecule has 0 aromatic heterocycles. The van der Waals surface area contributed by atoms with Crippen LogP contribution >= 0.6 is 11.8 Å². The molecule has 2 atom stereocenters. The minimum Gasteiger partial charge on any atom is -1.00 e. The maximum absolute atomic E-state index is 2.52. The van der Waals surface area contributed by atoms with Gasteiger partial charge in [-0.3, -0.25) is 0 Å². The van der Waals surface area contributed by atoms with Crippen LogP contribution < -0.4 is 24.8 Å². The molecule has 10 rings (SSSR count). The Hall–Kier alpha value is -2.87. The molecule has 2 heterocycles. The quantitative estimate of drug-likeness (QED) is 0.262. The molecule has 2 aliphatic carbocycles. The topological polar surface area (TPSA) is 0 Å². The van der Waals surface area contributed by atoms with Crippen LogP contribution in [-0.4, -0.2) is 0 Å². The molecule has 4 heteroatoms. The molecule has 4 aliphatic rings. The predicted octanol–water partition coefficient (Wildman–Crippen LogP) is 4.72. The largest absolute Gasteiger partial charge is 1.00 e. The molecule has 0 fully saturated rings. The van der Waals surface area contributed by atoms with E-state index in [1.54, 1.807) is 5.56 Å². The van der Waals surface area contributed by atoms with Crippen LogP contribution in [0.4, 0.5) is 0 Å². The van der Waals surface area contributed by atoms with Gasteiger partial charge in [0.15, 0.2) is 0 Å². The van der Waals surface area contributed by atoms with E-state index in [0.29, 0.717) is 7.25 Å². The number of hydrogen-bond donors (Lipinski definition) is 0. The van der Waals surface area contributed by atoms with Crippen LogP contribution in [0, 0.1) is 0 Å². The fraction of sp³-hybridized carbons (Fsp3) is 0.0526. The van der Waals surface area contributed by atoms with Crippen molar-refractivity contribution in [3.63, 3.8) is 0 Å². The Labute approximate surface area is 274 Å². The summed E-state index contributed by atoms with van der Waals surface area (Å²) in [6.07, 6.45) is 9.85. The standard InChI is InChI=1S/C19H11S.C19H13.2ClH.Zr/c1-2-6-16-14(5-1)15-10-11-18(16)20-19-13-7-3-4-12(13)8-9-17(15)19;1-2-9-18-15(5-1)7-4-10-19(18)17-12-11-14-6-3-8-16(14)13-17;;;/h1-11H;1-13H;2*1H;/q;;;;+2/p-2. The van der Waals surface area contributed by atoms with Crippen molar-refractivity contribution in [2.45, 2.75) is 17.0 Å². The van der Waals surface area contributed by atoms with Crippen molar-refractivity contribution < 1.29 is 48.0 Å². The number of halogens is 2. The van der Waals surface area contributed by atoms with Crippen molar-refractivity contribution in [2.75, 3.05) is 0 Å². The normalized spacial score (nSPS) is 16.8. The molecule has 42 heavy (non-hydrogen) atoms. The number of hydrogen-bond acceptors (Lipinski definition) is 1. The Kier molecular flexibility index (Phi) is 7.32. The zero-order valence-corrected chi connectivity index (χ0v) is 27.3.